The summed E-state index contributed by atoms with van der Waals surface area (Å²) in [5, 5.41) is 9.02. The Labute approximate surface area is 126 Å². The fourth-order valence-electron chi connectivity index (χ4n) is 2.44. The zero-order chi connectivity index (χ0) is 13.9. The zero-order valence-electron chi connectivity index (χ0n) is 11.0. The fraction of sp³-hybridized carbons (Fsp3) is 0.462. The number of nitrogens with one attached hydrogen (secondary N) is 1. The van der Waals surface area contributed by atoms with Gasteiger partial charge in [0.15, 0.2) is 10.6 Å². The van der Waals surface area contributed by atoms with Gasteiger partial charge in [-0.2, -0.15) is 5.10 Å². The molecule has 0 spiro atoms. The number of aromatic amines is 1. The Morgan fingerprint density at radius 1 is 1.40 bits per heavy atom. The first-order valence-electron chi connectivity index (χ1n) is 6.72. The largest absolute Gasteiger partial charge is 0.341 e. The van der Waals surface area contributed by atoms with Crippen LogP contribution in [0.1, 0.15) is 19.3 Å². The van der Waals surface area contributed by atoms with Gasteiger partial charge >= 0.3 is 0 Å². The van der Waals surface area contributed by atoms with E-state index in [0.29, 0.717) is 4.77 Å². The van der Waals surface area contributed by atoms with E-state index in [1.165, 1.54) is 6.42 Å². The molecule has 1 aliphatic rings. The Balaban J connectivity index is 1.82. The lowest BCUT2D eigenvalue weighted by Gasteiger charge is -2.26. The molecule has 20 heavy (non-hydrogen) atoms. The lowest BCUT2D eigenvalue weighted by atomic mass is 10.1. The number of H-pyrrole nitrogens is 1. The van der Waals surface area contributed by atoms with Crippen molar-refractivity contribution < 1.29 is 4.79 Å². The maximum atomic E-state index is 12.4. The predicted molar refractivity (Wildman–Crippen MR) is 81.2 cm³/mol. The first kappa shape index (κ1) is 13.5. The van der Waals surface area contributed by atoms with Crippen LogP contribution in [0.4, 0.5) is 0 Å². The molecule has 0 aliphatic carbocycles. The summed E-state index contributed by atoms with van der Waals surface area (Å²) in [7, 11) is 0. The molecule has 0 saturated carbocycles. The highest BCUT2D eigenvalue weighted by Crippen LogP contribution is 2.23. The third-order valence-electron chi connectivity index (χ3n) is 3.50. The van der Waals surface area contributed by atoms with Crippen molar-refractivity contribution in [2.45, 2.75) is 25.8 Å². The molecule has 0 radical (unpaired) electrons. The van der Waals surface area contributed by atoms with Crippen LogP contribution < -0.4 is 0 Å². The van der Waals surface area contributed by atoms with E-state index in [1.54, 1.807) is 15.9 Å². The van der Waals surface area contributed by atoms with Crippen molar-refractivity contribution in [3.05, 3.63) is 22.3 Å². The maximum absolute atomic E-state index is 12.4. The number of nitrogens with zero attached hydrogens (tertiary/aromatic N) is 3. The highest BCUT2D eigenvalue weighted by Gasteiger charge is 2.19. The second kappa shape index (κ2) is 5.88. The third kappa shape index (κ3) is 2.69. The molecular formula is C13H16N4OS2. The summed E-state index contributed by atoms with van der Waals surface area (Å²) < 4.78 is 2.29. The lowest BCUT2D eigenvalue weighted by Crippen LogP contribution is -2.37. The highest BCUT2D eigenvalue weighted by molar-refractivity contribution is 7.71. The summed E-state index contributed by atoms with van der Waals surface area (Å²) in [5.74, 6) is 0.871. The number of piperidine rings is 1. The van der Waals surface area contributed by atoms with E-state index >= 15 is 0 Å². The zero-order valence-corrected chi connectivity index (χ0v) is 12.7. The van der Waals surface area contributed by atoms with Crippen LogP contribution in [-0.4, -0.2) is 38.7 Å². The smallest absolute Gasteiger partial charge is 0.242 e. The average Bonchev–Trinajstić information content (AvgIpc) is 3.11. The Hall–Kier alpha value is -1.47. The van der Waals surface area contributed by atoms with Crippen LogP contribution in [0.3, 0.4) is 0 Å². The number of carbonyl (C=O) groups is 1. The highest BCUT2D eigenvalue weighted by atomic mass is 32.1. The number of hydrogen-bond acceptors (Lipinski definition) is 4. The first-order chi connectivity index (χ1) is 9.75. The molecule has 1 fully saturated rings. The van der Waals surface area contributed by atoms with Crippen LogP contribution in [0.5, 0.6) is 0 Å². The summed E-state index contributed by atoms with van der Waals surface area (Å²) in [4.78, 5) is 15.3. The normalized spacial score (nSPS) is 15.5. The van der Waals surface area contributed by atoms with Crippen molar-refractivity contribution in [1.82, 2.24) is 19.7 Å². The molecule has 2 aromatic heterocycles. The van der Waals surface area contributed by atoms with Crippen molar-refractivity contribution in [3.8, 4) is 10.7 Å². The summed E-state index contributed by atoms with van der Waals surface area (Å²) in [6.07, 6.45) is 3.41. The second-order valence-electron chi connectivity index (χ2n) is 4.86. The number of aromatic nitrogens is 3. The Morgan fingerprint density at radius 3 is 2.90 bits per heavy atom. The van der Waals surface area contributed by atoms with Gasteiger partial charge in [0.25, 0.3) is 0 Å². The van der Waals surface area contributed by atoms with Crippen LogP contribution >= 0.6 is 23.6 Å². The molecule has 2 aromatic rings. The molecule has 0 atom stereocenters. The van der Waals surface area contributed by atoms with E-state index in [-0.39, 0.29) is 12.5 Å². The molecule has 0 aromatic carbocycles. The molecule has 0 unspecified atom stereocenters. The van der Waals surface area contributed by atoms with Crippen LogP contribution in [0.2, 0.25) is 0 Å². The molecule has 0 bridgehead atoms. The number of likely N-dealkylation sites (tertiary alicyclic amines) is 1. The van der Waals surface area contributed by atoms with Crippen molar-refractivity contribution in [2.75, 3.05) is 13.1 Å². The van der Waals surface area contributed by atoms with Gasteiger partial charge in [0.1, 0.15) is 6.54 Å². The molecule has 3 rings (SSSR count). The molecule has 1 saturated heterocycles. The standard InChI is InChI=1S/C13H16N4OS2/c18-11(16-6-2-1-3-7-16)9-17-12(14-15-13(17)19)10-5-4-8-20-10/h4-5,8H,1-3,6-7,9H2,(H,15,19). The van der Waals surface area contributed by atoms with Gasteiger partial charge in [-0.25, -0.2) is 0 Å². The molecule has 7 heteroatoms. The second-order valence-corrected chi connectivity index (χ2v) is 6.19. The van der Waals surface area contributed by atoms with E-state index in [0.717, 1.165) is 36.6 Å². The van der Waals surface area contributed by atoms with Gasteiger partial charge in [-0.05, 0) is 42.9 Å². The van der Waals surface area contributed by atoms with E-state index in [4.69, 9.17) is 12.2 Å². The lowest BCUT2D eigenvalue weighted by molar-refractivity contribution is -0.132. The predicted octanol–water partition coefficient (Wildman–Crippen LogP) is 2.68. The van der Waals surface area contributed by atoms with Crippen LogP contribution in [-0.2, 0) is 11.3 Å². The van der Waals surface area contributed by atoms with Gasteiger partial charge in [0.2, 0.25) is 5.91 Å². The Morgan fingerprint density at radius 2 is 2.20 bits per heavy atom. The minimum absolute atomic E-state index is 0.125. The molecule has 1 aliphatic heterocycles. The van der Waals surface area contributed by atoms with Crippen LogP contribution in [0, 0.1) is 4.77 Å². The van der Waals surface area contributed by atoms with Gasteiger partial charge in [-0.3, -0.25) is 14.5 Å². The van der Waals surface area contributed by atoms with Gasteiger partial charge in [-0.1, -0.05) is 6.07 Å². The van der Waals surface area contributed by atoms with E-state index < -0.39 is 0 Å². The summed E-state index contributed by atoms with van der Waals surface area (Å²) in [6.45, 7) is 1.99. The van der Waals surface area contributed by atoms with Crippen LogP contribution in [0.25, 0.3) is 10.7 Å². The summed E-state index contributed by atoms with van der Waals surface area (Å²) in [5.41, 5.74) is 0. The molecule has 106 valence electrons. The van der Waals surface area contributed by atoms with E-state index in [9.17, 15) is 4.79 Å². The SMILES string of the molecule is O=C(Cn1c(-c2cccs2)n[nH]c1=S)N1CCCCC1. The maximum Gasteiger partial charge on any atom is 0.242 e. The molecule has 1 N–H and O–H groups in total. The van der Waals surface area contributed by atoms with Gasteiger partial charge in [-0.15, -0.1) is 11.3 Å². The third-order valence-corrected chi connectivity index (χ3v) is 4.68. The number of hydrogen-bond donors (Lipinski definition) is 1. The van der Waals surface area contributed by atoms with Gasteiger partial charge in [0, 0.05) is 13.1 Å². The van der Waals surface area contributed by atoms with Crippen molar-refractivity contribution in [1.29, 1.82) is 0 Å². The molecule has 5 nitrogen and oxygen atoms in total. The number of rotatable bonds is 3. The number of thiophene rings is 1. The fourth-order valence-corrected chi connectivity index (χ4v) is 3.36. The van der Waals surface area contributed by atoms with Crippen molar-refractivity contribution >= 4 is 29.5 Å². The quantitative estimate of drug-likeness (QED) is 0.887. The van der Waals surface area contributed by atoms with E-state index in [1.807, 2.05) is 22.4 Å². The number of carbonyl (C=O) groups excluding carboxylic acids is 1. The topological polar surface area (TPSA) is 53.9 Å². The van der Waals surface area contributed by atoms with Crippen LogP contribution in [0.15, 0.2) is 17.5 Å². The summed E-state index contributed by atoms with van der Waals surface area (Å²) in [6, 6.07) is 3.95. The Bertz CT molecular complexity index is 638. The molecular weight excluding hydrogens is 292 g/mol. The minimum atomic E-state index is 0.125. The average molecular weight is 308 g/mol. The van der Waals surface area contributed by atoms with Gasteiger partial charge in [0.05, 0.1) is 4.88 Å². The van der Waals surface area contributed by atoms with Gasteiger partial charge < -0.3 is 4.90 Å². The summed E-state index contributed by atoms with van der Waals surface area (Å²) >= 11 is 6.84. The van der Waals surface area contributed by atoms with Crippen molar-refractivity contribution in [3.63, 3.8) is 0 Å². The molecule has 1 amide bonds. The number of amides is 1. The Kier molecular flexibility index (Phi) is 3.98. The monoisotopic (exact) mass is 308 g/mol. The van der Waals surface area contributed by atoms with E-state index in [2.05, 4.69) is 10.2 Å². The molecule has 3 heterocycles. The first-order valence-corrected chi connectivity index (χ1v) is 8.01. The minimum Gasteiger partial charge on any atom is -0.341 e. The van der Waals surface area contributed by atoms with Crippen molar-refractivity contribution in [2.24, 2.45) is 0 Å².